The predicted molar refractivity (Wildman–Crippen MR) is 258 cm³/mol. The first-order chi connectivity index (χ1) is 30.8. The first-order valence-corrected chi connectivity index (χ1v) is 21.2. The van der Waals surface area contributed by atoms with Gasteiger partial charge in [0, 0.05) is 38.4 Å². The second kappa shape index (κ2) is 16.1. The van der Waals surface area contributed by atoms with Crippen LogP contribution in [0.3, 0.4) is 0 Å². The van der Waals surface area contributed by atoms with Crippen LogP contribution in [0.5, 0.6) is 0 Å². The molecule has 0 saturated heterocycles. The molecular formula is C57H41N5. The summed E-state index contributed by atoms with van der Waals surface area (Å²) in [6, 6.07) is 70.4. The zero-order valence-corrected chi connectivity index (χ0v) is 34.0. The van der Waals surface area contributed by atoms with E-state index >= 15 is 0 Å². The van der Waals surface area contributed by atoms with Crippen molar-refractivity contribution in [1.82, 2.24) is 24.1 Å². The average molecular weight is 796 g/mol. The molecule has 11 aromatic rings. The van der Waals surface area contributed by atoms with Gasteiger partial charge in [-0.2, -0.15) is 9.97 Å². The van der Waals surface area contributed by atoms with Crippen molar-refractivity contribution in [1.29, 1.82) is 0 Å². The van der Waals surface area contributed by atoms with Crippen molar-refractivity contribution in [3.63, 3.8) is 0 Å². The zero-order valence-electron chi connectivity index (χ0n) is 34.0. The van der Waals surface area contributed by atoms with Gasteiger partial charge in [0.05, 0.1) is 22.1 Å². The van der Waals surface area contributed by atoms with Crippen LogP contribution in [0.4, 0.5) is 0 Å². The van der Waals surface area contributed by atoms with Crippen molar-refractivity contribution >= 4 is 43.6 Å². The lowest BCUT2D eigenvalue weighted by molar-refractivity contribution is 0.955. The highest BCUT2D eigenvalue weighted by molar-refractivity contribution is 6.26. The Morgan fingerprint density at radius 2 is 0.839 bits per heavy atom. The van der Waals surface area contributed by atoms with Crippen LogP contribution in [0, 0.1) is 0 Å². The molecule has 5 heteroatoms. The fourth-order valence-corrected chi connectivity index (χ4v) is 8.77. The van der Waals surface area contributed by atoms with Crippen molar-refractivity contribution in [2.24, 2.45) is 0 Å². The molecule has 0 bridgehead atoms. The Labute approximate surface area is 360 Å². The third-order valence-electron chi connectivity index (χ3n) is 11.6. The van der Waals surface area contributed by atoms with Crippen molar-refractivity contribution in [3.05, 3.63) is 224 Å². The Hall–Kier alpha value is -8.15. The van der Waals surface area contributed by atoms with E-state index in [0.29, 0.717) is 17.6 Å². The summed E-state index contributed by atoms with van der Waals surface area (Å²) in [5.41, 5.74) is 12.1. The van der Waals surface area contributed by atoms with Crippen molar-refractivity contribution in [2.75, 3.05) is 0 Å². The monoisotopic (exact) mass is 795 g/mol. The van der Waals surface area contributed by atoms with Gasteiger partial charge in [-0.05, 0) is 71.5 Å². The second-order valence-corrected chi connectivity index (χ2v) is 15.5. The standard InChI is InChI=1S/C51H33N5.C6H8/c1-4-16-34(17-5-1)37-22-14-23-38(32-37)39-24-15-25-40(33-39)55-45-29-13-11-27-43(45)47-46(55)31-30-42-41-26-10-12-28-44(41)56(48(42)47)51-53-49(35-18-6-2-7-19-35)52-50(54-51)36-20-8-3-9-21-36;1-2-4-6-5-3-1/h1-33H;1-4H,5-6H2. The maximum absolute atomic E-state index is 5.23. The molecule has 294 valence electrons. The van der Waals surface area contributed by atoms with Crippen LogP contribution >= 0.6 is 0 Å². The third kappa shape index (κ3) is 6.76. The molecular weight excluding hydrogens is 755 g/mol. The minimum Gasteiger partial charge on any atom is -0.309 e. The van der Waals surface area contributed by atoms with E-state index in [4.69, 9.17) is 15.0 Å². The summed E-state index contributed by atoms with van der Waals surface area (Å²) < 4.78 is 4.64. The van der Waals surface area contributed by atoms with Gasteiger partial charge >= 0.3 is 0 Å². The number of nitrogens with zero attached hydrogens (tertiary/aromatic N) is 5. The Morgan fingerprint density at radius 3 is 1.45 bits per heavy atom. The molecule has 0 saturated carbocycles. The Balaban J connectivity index is 0.000000666. The normalized spacial score (nSPS) is 12.3. The number of hydrogen-bond acceptors (Lipinski definition) is 3. The molecule has 5 nitrogen and oxygen atoms in total. The Morgan fingerprint density at radius 1 is 0.339 bits per heavy atom. The summed E-state index contributed by atoms with van der Waals surface area (Å²) in [6.07, 6.45) is 11.0. The smallest absolute Gasteiger partial charge is 0.238 e. The van der Waals surface area contributed by atoms with Crippen LogP contribution in [0.2, 0.25) is 0 Å². The van der Waals surface area contributed by atoms with Gasteiger partial charge in [-0.3, -0.25) is 4.57 Å². The van der Waals surface area contributed by atoms with Crippen LogP contribution in [0.25, 0.3) is 100 Å². The predicted octanol–water partition coefficient (Wildman–Crippen LogP) is 14.6. The zero-order chi connectivity index (χ0) is 41.2. The molecule has 0 radical (unpaired) electrons. The number of hydrogen-bond donors (Lipinski definition) is 0. The number of fused-ring (bicyclic) bond motifs is 7. The van der Waals surface area contributed by atoms with Crippen LogP contribution in [-0.2, 0) is 0 Å². The summed E-state index contributed by atoms with van der Waals surface area (Å²) in [6.45, 7) is 0. The van der Waals surface area contributed by atoms with E-state index in [1.54, 1.807) is 0 Å². The van der Waals surface area contributed by atoms with Gasteiger partial charge in [-0.1, -0.05) is 188 Å². The summed E-state index contributed by atoms with van der Waals surface area (Å²) in [5, 5.41) is 4.60. The summed E-state index contributed by atoms with van der Waals surface area (Å²) >= 11 is 0. The first-order valence-electron chi connectivity index (χ1n) is 21.2. The topological polar surface area (TPSA) is 48.5 Å². The van der Waals surface area contributed by atoms with Crippen molar-refractivity contribution in [3.8, 4) is 56.7 Å². The number of rotatable bonds is 6. The minimum atomic E-state index is 0.577. The molecule has 0 unspecified atom stereocenters. The third-order valence-corrected chi connectivity index (χ3v) is 11.6. The number of aromatic nitrogens is 5. The molecule has 0 N–H and O–H groups in total. The molecule has 0 amide bonds. The van der Waals surface area contributed by atoms with Gasteiger partial charge in [0.25, 0.3) is 0 Å². The van der Waals surface area contributed by atoms with E-state index in [-0.39, 0.29) is 0 Å². The van der Waals surface area contributed by atoms with Gasteiger partial charge in [0.2, 0.25) is 5.95 Å². The van der Waals surface area contributed by atoms with Gasteiger partial charge < -0.3 is 4.57 Å². The van der Waals surface area contributed by atoms with Gasteiger partial charge in [-0.25, -0.2) is 4.98 Å². The fourth-order valence-electron chi connectivity index (χ4n) is 8.77. The van der Waals surface area contributed by atoms with Crippen LogP contribution < -0.4 is 0 Å². The lowest BCUT2D eigenvalue weighted by Crippen LogP contribution is -2.06. The summed E-state index contributed by atoms with van der Waals surface area (Å²) in [5.74, 6) is 1.83. The van der Waals surface area contributed by atoms with Gasteiger partial charge in [0.1, 0.15) is 0 Å². The molecule has 1 aliphatic carbocycles. The van der Waals surface area contributed by atoms with E-state index < -0.39 is 0 Å². The number of allylic oxidation sites excluding steroid dienone is 4. The highest BCUT2D eigenvalue weighted by Crippen LogP contribution is 2.42. The molecule has 3 heterocycles. The molecule has 0 atom stereocenters. The van der Waals surface area contributed by atoms with Crippen LogP contribution in [-0.4, -0.2) is 24.1 Å². The largest absolute Gasteiger partial charge is 0.309 e. The van der Waals surface area contributed by atoms with Gasteiger partial charge in [-0.15, -0.1) is 0 Å². The Kier molecular flexibility index (Phi) is 9.60. The molecule has 0 fully saturated rings. The molecule has 1 aliphatic rings. The lowest BCUT2D eigenvalue weighted by Gasteiger charge is -2.12. The highest BCUT2D eigenvalue weighted by atomic mass is 15.2. The minimum absolute atomic E-state index is 0.577. The summed E-state index contributed by atoms with van der Waals surface area (Å²) in [4.78, 5) is 15.5. The highest BCUT2D eigenvalue weighted by Gasteiger charge is 2.23. The first kappa shape index (κ1) is 36.9. The van der Waals surface area contributed by atoms with E-state index in [1.807, 2.05) is 36.4 Å². The molecule has 12 rings (SSSR count). The average Bonchev–Trinajstić information content (AvgIpc) is 3.89. The lowest BCUT2D eigenvalue weighted by atomic mass is 9.99. The van der Waals surface area contributed by atoms with Gasteiger partial charge in [0.15, 0.2) is 11.6 Å². The van der Waals surface area contributed by atoms with E-state index in [0.717, 1.165) is 66.0 Å². The van der Waals surface area contributed by atoms with E-state index in [9.17, 15) is 0 Å². The summed E-state index contributed by atoms with van der Waals surface area (Å²) in [7, 11) is 0. The molecule has 0 aliphatic heterocycles. The maximum atomic E-state index is 5.23. The fraction of sp³-hybridized carbons (Fsp3) is 0.0351. The second-order valence-electron chi connectivity index (χ2n) is 15.5. The molecule has 62 heavy (non-hydrogen) atoms. The van der Waals surface area contributed by atoms with Crippen molar-refractivity contribution in [2.45, 2.75) is 12.8 Å². The SMILES string of the molecule is C1=CCCC=C1.c1ccc(-c2cccc(-c3cccc(-n4c5ccccc5c5c4ccc4c6ccccc6n(-c6nc(-c7ccccc7)nc(-c7ccccc7)n6)c45)c3)c2)cc1. The quantitative estimate of drug-likeness (QED) is 0.168. The maximum Gasteiger partial charge on any atom is 0.238 e. The molecule has 0 spiro atoms. The van der Waals surface area contributed by atoms with Crippen molar-refractivity contribution < 1.29 is 0 Å². The number of benzene rings is 8. The number of para-hydroxylation sites is 2. The van der Waals surface area contributed by atoms with Crippen LogP contribution in [0.15, 0.2) is 224 Å². The van der Waals surface area contributed by atoms with Crippen LogP contribution in [0.1, 0.15) is 12.8 Å². The Bertz CT molecular complexity index is 3380. The molecule has 3 aromatic heterocycles. The van der Waals surface area contributed by atoms with E-state index in [1.165, 1.54) is 29.5 Å². The van der Waals surface area contributed by atoms with E-state index in [2.05, 4.69) is 197 Å². The molecule has 8 aromatic carbocycles.